The van der Waals surface area contributed by atoms with Crippen molar-refractivity contribution in [2.45, 2.75) is 25.2 Å². The summed E-state index contributed by atoms with van der Waals surface area (Å²) in [5.74, 6) is 0.786. The van der Waals surface area contributed by atoms with E-state index in [0.29, 0.717) is 35.8 Å². The number of pyridine rings is 1. The molecule has 1 aliphatic heterocycles. The number of aromatic nitrogens is 1. The van der Waals surface area contributed by atoms with Crippen molar-refractivity contribution in [3.05, 3.63) is 65.4 Å². The number of carbonyl (C=O) groups excluding carboxylic acids is 2. The van der Waals surface area contributed by atoms with Crippen LogP contribution >= 0.6 is 0 Å². The molecule has 2 heterocycles. The third-order valence-corrected chi connectivity index (χ3v) is 6.01. The number of methoxy groups -OCH3 is 2. The molecule has 2 aromatic carbocycles. The molecule has 2 amide bonds. The predicted octanol–water partition coefficient (Wildman–Crippen LogP) is 3.30. The minimum atomic E-state index is -0.497. The Hall–Kier alpha value is -3.61. The number of ether oxygens (including phenoxy) is 2. The maximum atomic E-state index is 13.2. The SMILES string of the molecule is COc1ccc(OC)c(CC(=O)N2CCC[C@H](c3nc4ccccc4cc3C(N)=O)C2)c1. The Kier molecular flexibility index (Phi) is 6.25. The molecular weight excluding hydrogens is 406 g/mol. The Morgan fingerprint density at radius 3 is 2.69 bits per heavy atom. The highest BCUT2D eigenvalue weighted by atomic mass is 16.5. The Labute approximate surface area is 187 Å². The summed E-state index contributed by atoms with van der Waals surface area (Å²) in [4.78, 5) is 31.9. The van der Waals surface area contributed by atoms with Crippen molar-refractivity contribution in [3.63, 3.8) is 0 Å². The van der Waals surface area contributed by atoms with Crippen LogP contribution in [-0.2, 0) is 11.2 Å². The summed E-state index contributed by atoms with van der Waals surface area (Å²) in [6, 6.07) is 14.9. The maximum absolute atomic E-state index is 13.2. The van der Waals surface area contributed by atoms with E-state index in [0.717, 1.165) is 29.3 Å². The Balaban J connectivity index is 1.58. The van der Waals surface area contributed by atoms with Crippen LogP contribution in [0.3, 0.4) is 0 Å². The highest BCUT2D eigenvalue weighted by molar-refractivity contribution is 5.97. The fourth-order valence-electron chi connectivity index (χ4n) is 4.36. The second-order valence-electron chi connectivity index (χ2n) is 8.01. The molecule has 7 nitrogen and oxygen atoms in total. The van der Waals surface area contributed by atoms with E-state index in [1.54, 1.807) is 26.4 Å². The Bertz CT molecular complexity index is 1160. The normalized spacial score (nSPS) is 16.1. The molecule has 1 aromatic heterocycles. The lowest BCUT2D eigenvalue weighted by Crippen LogP contribution is -2.40. The number of carbonyl (C=O) groups is 2. The van der Waals surface area contributed by atoms with Crippen molar-refractivity contribution in [1.29, 1.82) is 0 Å². The van der Waals surface area contributed by atoms with Crippen molar-refractivity contribution in [1.82, 2.24) is 9.88 Å². The minimum absolute atomic E-state index is 0.00247. The molecule has 0 spiro atoms. The monoisotopic (exact) mass is 433 g/mol. The van der Waals surface area contributed by atoms with E-state index >= 15 is 0 Å². The molecule has 1 aliphatic rings. The summed E-state index contributed by atoms with van der Waals surface area (Å²) in [6.07, 6.45) is 1.89. The van der Waals surface area contributed by atoms with Crippen LogP contribution in [0.4, 0.5) is 0 Å². The smallest absolute Gasteiger partial charge is 0.250 e. The lowest BCUT2D eigenvalue weighted by molar-refractivity contribution is -0.131. The number of hydrogen-bond donors (Lipinski definition) is 1. The highest BCUT2D eigenvalue weighted by Gasteiger charge is 2.29. The third kappa shape index (κ3) is 4.37. The Morgan fingerprint density at radius 2 is 1.94 bits per heavy atom. The lowest BCUT2D eigenvalue weighted by Gasteiger charge is -2.33. The molecule has 0 saturated carbocycles. The highest BCUT2D eigenvalue weighted by Crippen LogP contribution is 2.31. The predicted molar refractivity (Wildman–Crippen MR) is 122 cm³/mol. The summed E-state index contributed by atoms with van der Waals surface area (Å²) in [5.41, 5.74) is 8.38. The molecule has 1 fully saturated rings. The van der Waals surface area contributed by atoms with Crippen LogP contribution < -0.4 is 15.2 Å². The van der Waals surface area contributed by atoms with Gasteiger partial charge in [0.25, 0.3) is 5.91 Å². The lowest BCUT2D eigenvalue weighted by atomic mass is 9.90. The molecule has 3 aromatic rings. The molecule has 1 saturated heterocycles. The van der Waals surface area contributed by atoms with Gasteiger partial charge in [-0.25, -0.2) is 0 Å². The van der Waals surface area contributed by atoms with Crippen molar-refractivity contribution < 1.29 is 19.1 Å². The molecule has 7 heteroatoms. The van der Waals surface area contributed by atoms with Gasteiger partial charge in [-0.1, -0.05) is 18.2 Å². The average Bonchev–Trinajstić information content (AvgIpc) is 2.83. The average molecular weight is 434 g/mol. The fraction of sp³-hybridized carbons (Fsp3) is 0.320. The topological polar surface area (TPSA) is 94.8 Å². The zero-order chi connectivity index (χ0) is 22.7. The number of rotatable bonds is 6. The van der Waals surface area contributed by atoms with Crippen LogP contribution in [0, 0.1) is 0 Å². The number of para-hydroxylation sites is 1. The molecular formula is C25H27N3O4. The maximum Gasteiger partial charge on any atom is 0.250 e. The molecule has 0 aliphatic carbocycles. The largest absolute Gasteiger partial charge is 0.497 e. The van der Waals surface area contributed by atoms with Crippen LogP contribution in [0.2, 0.25) is 0 Å². The standard InChI is InChI=1S/C25H27N3O4/c1-31-19-9-10-22(32-2)18(12-19)14-23(29)28-11-5-7-17(15-28)24-20(25(26)30)13-16-6-3-4-8-21(16)27-24/h3-4,6,8-10,12-13,17H,5,7,11,14-15H2,1-2H3,(H2,26,30)/t17-/m0/s1. The van der Waals surface area contributed by atoms with Gasteiger partial charge < -0.3 is 20.1 Å². The molecule has 2 N–H and O–H groups in total. The molecule has 0 bridgehead atoms. The summed E-state index contributed by atoms with van der Waals surface area (Å²) in [5, 5.41) is 0.874. The van der Waals surface area contributed by atoms with Crippen molar-refractivity contribution in [3.8, 4) is 11.5 Å². The quantitative estimate of drug-likeness (QED) is 0.644. The molecule has 166 valence electrons. The molecule has 0 radical (unpaired) electrons. The second kappa shape index (κ2) is 9.26. The number of nitrogens with zero attached hydrogens (tertiary/aromatic N) is 2. The fourth-order valence-corrected chi connectivity index (χ4v) is 4.36. The van der Waals surface area contributed by atoms with E-state index in [1.807, 2.05) is 41.3 Å². The summed E-state index contributed by atoms with van der Waals surface area (Å²) in [6.45, 7) is 1.16. The minimum Gasteiger partial charge on any atom is -0.497 e. The van der Waals surface area contributed by atoms with Gasteiger partial charge in [0.1, 0.15) is 11.5 Å². The Morgan fingerprint density at radius 1 is 1.12 bits per heavy atom. The van der Waals surface area contributed by atoms with Crippen LogP contribution in [0.15, 0.2) is 48.5 Å². The van der Waals surface area contributed by atoms with E-state index < -0.39 is 5.91 Å². The summed E-state index contributed by atoms with van der Waals surface area (Å²) in [7, 11) is 3.18. The third-order valence-electron chi connectivity index (χ3n) is 6.01. The van der Waals surface area contributed by atoms with Gasteiger partial charge in [-0.15, -0.1) is 0 Å². The summed E-state index contributed by atoms with van der Waals surface area (Å²) >= 11 is 0. The van der Waals surface area contributed by atoms with E-state index in [1.165, 1.54) is 0 Å². The second-order valence-corrected chi connectivity index (χ2v) is 8.01. The zero-order valence-electron chi connectivity index (χ0n) is 18.3. The first kappa shape index (κ1) is 21.6. The molecule has 4 rings (SSSR count). The molecule has 32 heavy (non-hydrogen) atoms. The van der Waals surface area contributed by atoms with Gasteiger partial charge >= 0.3 is 0 Å². The molecule has 0 unspecified atom stereocenters. The van der Waals surface area contributed by atoms with Gasteiger partial charge in [-0.3, -0.25) is 14.6 Å². The van der Waals surface area contributed by atoms with E-state index in [9.17, 15) is 9.59 Å². The van der Waals surface area contributed by atoms with Crippen LogP contribution in [-0.4, -0.2) is 49.0 Å². The van der Waals surface area contributed by atoms with Gasteiger partial charge in [0.15, 0.2) is 0 Å². The first-order valence-corrected chi connectivity index (χ1v) is 10.7. The zero-order valence-corrected chi connectivity index (χ0v) is 18.3. The van der Waals surface area contributed by atoms with Gasteiger partial charge in [0.05, 0.1) is 37.4 Å². The summed E-state index contributed by atoms with van der Waals surface area (Å²) < 4.78 is 10.7. The van der Waals surface area contributed by atoms with Crippen molar-refractivity contribution in [2.75, 3.05) is 27.3 Å². The van der Waals surface area contributed by atoms with Crippen molar-refractivity contribution in [2.24, 2.45) is 5.73 Å². The number of nitrogens with two attached hydrogens (primary N) is 1. The molecule has 1 atom stereocenters. The van der Waals surface area contributed by atoms with Crippen LogP contribution in [0.5, 0.6) is 11.5 Å². The van der Waals surface area contributed by atoms with E-state index in [2.05, 4.69) is 0 Å². The number of fused-ring (bicyclic) bond motifs is 1. The van der Waals surface area contributed by atoms with Gasteiger partial charge in [0.2, 0.25) is 5.91 Å². The first-order chi connectivity index (χ1) is 15.5. The number of piperidine rings is 1. The van der Waals surface area contributed by atoms with E-state index in [-0.39, 0.29) is 18.2 Å². The van der Waals surface area contributed by atoms with Crippen LogP contribution in [0.1, 0.15) is 40.4 Å². The number of amides is 2. The van der Waals surface area contributed by atoms with E-state index in [4.69, 9.17) is 20.2 Å². The van der Waals surface area contributed by atoms with Crippen LogP contribution in [0.25, 0.3) is 10.9 Å². The first-order valence-electron chi connectivity index (χ1n) is 10.7. The van der Waals surface area contributed by atoms with Gasteiger partial charge in [-0.05, 0) is 43.2 Å². The van der Waals surface area contributed by atoms with Gasteiger partial charge in [0, 0.05) is 30.0 Å². The van der Waals surface area contributed by atoms with Crippen molar-refractivity contribution >= 4 is 22.7 Å². The van der Waals surface area contributed by atoms with Gasteiger partial charge in [-0.2, -0.15) is 0 Å². The number of primary amides is 1. The number of likely N-dealkylation sites (tertiary alicyclic amines) is 1. The number of benzene rings is 2. The number of hydrogen-bond acceptors (Lipinski definition) is 5.